The lowest BCUT2D eigenvalue weighted by atomic mass is 10.1. The van der Waals surface area contributed by atoms with Crippen molar-refractivity contribution in [3.05, 3.63) is 23.8 Å². The van der Waals surface area contributed by atoms with Crippen LogP contribution in [0, 0.1) is 0 Å². The third-order valence-corrected chi connectivity index (χ3v) is 2.65. The van der Waals surface area contributed by atoms with Crippen LogP contribution in [0.15, 0.2) is 18.2 Å². The van der Waals surface area contributed by atoms with Crippen molar-refractivity contribution < 1.29 is 14.2 Å². The van der Waals surface area contributed by atoms with Crippen molar-refractivity contribution >= 4 is 0 Å². The van der Waals surface area contributed by atoms with E-state index in [0.717, 1.165) is 24.7 Å². The summed E-state index contributed by atoms with van der Waals surface area (Å²) in [7, 11) is 1.70. The molecule has 0 aromatic heterocycles. The lowest BCUT2D eigenvalue weighted by Crippen LogP contribution is -2.22. The van der Waals surface area contributed by atoms with E-state index in [1.165, 1.54) is 5.56 Å². The highest BCUT2D eigenvalue weighted by molar-refractivity contribution is 5.45. The highest BCUT2D eigenvalue weighted by atomic mass is 16.7. The van der Waals surface area contributed by atoms with E-state index >= 15 is 0 Å². The Morgan fingerprint density at radius 2 is 2.19 bits per heavy atom. The van der Waals surface area contributed by atoms with Gasteiger partial charge in [0.05, 0.1) is 6.61 Å². The monoisotopic (exact) mass is 223 g/mol. The van der Waals surface area contributed by atoms with Gasteiger partial charge in [0.1, 0.15) is 0 Å². The highest BCUT2D eigenvalue weighted by Gasteiger charge is 2.15. The Morgan fingerprint density at radius 1 is 1.38 bits per heavy atom. The topological polar surface area (TPSA) is 39.7 Å². The molecule has 1 aromatic carbocycles. The minimum Gasteiger partial charge on any atom is -0.454 e. The Bertz CT molecular complexity index is 354. The van der Waals surface area contributed by atoms with Crippen LogP contribution in [-0.2, 0) is 4.74 Å². The maximum atomic E-state index is 5.34. The average molecular weight is 223 g/mol. The molecule has 0 amide bonds. The number of nitrogens with one attached hydrogen (secondary N) is 1. The number of hydrogen-bond donors (Lipinski definition) is 1. The summed E-state index contributed by atoms with van der Waals surface area (Å²) in [5.41, 5.74) is 1.19. The smallest absolute Gasteiger partial charge is 0.231 e. The van der Waals surface area contributed by atoms with Gasteiger partial charge < -0.3 is 19.5 Å². The Labute approximate surface area is 95.5 Å². The zero-order valence-corrected chi connectivity index (χ0v) is 9.66. The van der Waals surface area contributed by atoms with Gasteiger partial charge >= 0.3 is 0 Å². The number of fused-ring (bicyclic) bond motifs is 1. The van der Waals surface area contributed by atoms with Crippen LogP contribution in [0.2, 0.25) is 0 Å². The molecule has 88 valence electrons. The van der Waals surface area contributed by atoms with Gasteiger partial charge in [-0.25, -0.2) is 0 Å². The van der Waals surface area contributed by atoms with Crippen molar-refractivity contribution in [2.75, 3.05) is 27.1 Å². The van der Waals surface area contributed by atoms with Crippen molar-refractivity contribution in [3.63, 3.8) is 0 Å². The van der Waals surface area contributed by atoms with Gasteiger partial charge in [-0.3, -0.25) is 0 Å². The largest absolute Gasteiger partial charge is 0.454 e. The van der Waals surface area contributed by atoms with Crippen LogP contribution in [0.1, 0.15) is 18.5 Å². The van der Waals surface area contributed by atoms with Gasteiger partial charge in [-0.05, 0) is 24.6 Å². The van der Waals surface area contributed by atoms with Gasteiger partial charge in [0.2, 0.25) is 6.79 Å². The maximum Gasteiger partial charge on any atom is 0.231 e. The van der Waals surface area contributed by atoms with Crippen LogP contribution in [-0.4, -0.2) is 27.1 Å². The Hall–Kier alpha value is -1.26. The molecule has 1 aliphatic rings. The second-order valence-corrected chi connectivity index (χ2v) is 3.78. The molecule has 4 heteroatoms. The van der Waals surface area contributed by atoms with E-state index in [1.54, 1.807) is 7.11 Å². The molecule has 0 fully saturated rings. The SMILES string of the molecule is COCCNC(C)c1ccc2c(c1)OCO2. The van der Waals surface area contributed by atoms with E-state index < -0.39 is 0 Å². The third kappa shape index (κ3) is 2.46. The first-order valence-corrected chi connectivity index (χ1v) is 5.43. The molecular weight excluding hydrogens is 206 g/mol. The maximum absolute atomic E-state index is 5.34. The van der Waals surface area contributed by atoms with Gasteiger partial charge in [0, 0.05) is 19.7 Å². The van der Waals surface area contributed by atoms with E-state index in [-0.39, 0.29) is 6.04 Å². The number of methoxy groups -OCH3 is 1. The summed E-state index contributed by atoms with van der Waals surface area (Å²) < 4.78 is 15.6. The fourth-order valence-corrected chi connectivity index (χ4v) is 1.68. The summed E-state index contributed by atoms with van der Waals surface area (Å²) in [5.74, 6) is 1.66. The van der Waals surface area contributed by atoms with Crippen molar-refractivity contribution in [1.29, 1.82) is 0 Å². The number of hydrogen-bond acceptors (Lipinski definition) is 4. The molecule has 0 aliphatic carbocycles. The molecule has 2 rings (SSSR count). The lowest BCUT2D eigenvalue weighted by Gasteiger charge is -2.14. The number of rotatable bonds is 5. The summed E-state index contributed by atoms with van der Waals surface area (Å²) in [6, 6.07) is 6.31. The molecule has 0 bridgehead atoms. The van der Waals surface area contributed by atoms with E-state index in [0.29, 0.717) is 6.79 Å². The fraction of sp³-hybridized carbons (Fsp3) is 0.500. The van der Waals surface area contributed by atoms with Gasteiger partial charge in [-0.15, -0.1) is 0 Å². The van der Waals surface area contributed by atoms with E-state index in [1.807, 2.05) is 12.1 Å². The lowest BCUT2D eigenvalue weighted by molar-refractivity contribution is 0.174. The predicted molar refractivity (Wildman–Crippen MR) is 60.9 cm³/mol. The van der Waals surface area contributed by atoms with E-state index in [9.17, 15) is 0 Å². The Morgan fingerprint density at radius 3 is 3.00 bits per heavy atom. The van der Waals surface area contributed by atoms with E-state index in [4.69, 9.17) is 14.2 Å². The van der Waals surface area contributed by atoms with Crippen molar-refractivity contribution in [2.24, 2.45) is 0 Å². The zero-order chi connectivity index (χ0) is 11.4. The second-order valence-electron chi connectivity index (χ2n) is 3.78. The molecule has 1 aromatic rings. The third-order valence-electron chi connectivity index (χ3n) is 2.65. The van der Waals surface area contributed by atoms with Gasteiger partial charge in [0.25, 0.3) is 0 Å². The van der Waals surface area contributed by atoms with Gasteiger partial charge in [-0.2, -0.15) is 0 Å². The minimum absolute atomic E-state index is 0.282. The van der Waals surface area contributed by atoms with Crippen LogP contribution < -0.4 is 14.8 Å². The predicted octanol–water partition coefficient (Wildman–Crippen LogP) is 1.71. The molecule has 0 spiro atoms. The quantitative estimate of drug-likeness (QED) is 0.771. The molecule has 4 nitrogen and oxygen atoms in total. The standard InChI is InChI=1S/C12H17NO3/c1-9(13-5-6-14-2)10-3-4-11-12(7-10)16-8-15-11/h3-4,7,9,13H,5-6,8H2,1-2H3. The van der Waals surface area contributed by atoms with Crippen LogP contribution >= 0.6 is 0 Å². The number of benzene rings is 1. The Balaban J connectivity index is 1.98. The molecule has 0 saturated heterocycles. The zero-order valence-electron chi connectivity index (χ0n) is 9.66. The molecule has 0 saturated carbocycles. The normalized spacial score (nSPS) is 15.1. The van der Waals surface area contributed by atoms with Crippen LogP contribution in [0.25, 0.3) is 0 Å². The van der Waals surface area contributed by atoms with E-state index in [2.05, 4.69) is 18.3 Å². The second kappa shape index (κ2) is 5.18. The molecular formula is C12H17NO3. The summed E-state index contributed by atoms with van der Waals surface area (Å²) in [4.78, 5) is 0. The summed E-state index contributed by atoms with van der Waals surface area (Å²) in [6.07, 6.45) is 0. The molecule has 1 unspecified atom stereocenters. The van der Waals surface area contributed by atoms with Crippen LogP contribution in [0.4, 0.5) is 0 Å². The first-order valence-electron chi connectivity index (χ1n) is 5.43. The first-order chi connectivity index (χ1) is 7.81. The summed E-state index contributed by atoms with van der Waals surface area (Å²) in [6.45, 7) is 4.00. The van der Waals surface area contributed by atoms with Crippen molar-refractivity contribution in [1.82, 2.24) is 5.32 Å². The Kier molecular flexibility index (Phi) is 3.64. The average Bonchev–Trinajstić information content (AvgIpc) is 2.76. The molecule has 1 N–H and O–H groups in total. The van der Waals surface area contributed by atoms with Gasteiger partial charge in [0.15, 0.2) is 11.5 Å². The molecule has 1 aliphatic heterocycles. The first kappa shape index (κ1) is 11.2. The van der Waals surface area contributed by atoms with Crippen molar-refractivity contribution in [2.45, 2.75) is 13.0 Å². The fourth-order valence-electron chi connectivity index (χ4n) is 1.68. The highest BCUT2D eigenvalue weighted by Crippen LogP contribution is 2.33. The minimum atomic E-state index is 0.282. The molecule has 1 heterocycles. The summed E-state index contributed by atoms with van der Waals surface area (Å²) in [5, 5.41) is 3.37. The molecule has 1 atom stereocenters. The van der Waals surface area contributed by atoms with Crippen molar-refractivity contribution in [3.8, 4) is 11.5 Å². The van der Waals surface area contributed by atoms with Gasteiger partial charge in [-0.1, -0.05) is 6.07 Å². The van der Waals surface area contributed by atoms with Crippen LogP contribution in [0.3, 0.4) is 0 Å². The number of ether oxygens (including phenoxy) is 3. The molecule has 0 radical (unpaired) electrons. The molecule has 16 heavy (non-hydrogen) atoms. The summed E-state index contributed by atoms with van der Waals surface area (Å²) >= 11 is 0. The van der Waals surface area contributed by atoms with Crippen LogP contribution in [0.5, 0.6) is 11.5 Å².